The predicted molar refractivity (Wildman–Crippen MR) is 114 cm³/mol. The SMILES string of the molecule is O=C1c2[nH]nc(-c3ccccc3)c2C(c2cccc(Cl)c2)N1Cc1ccc(F)cc1. The summed E-state index contributed by atoms with van der Waals surface area (Å²) in [7, 11) is 0. The van der Waals surface area contributed by atoms with E-state index in [0.717, 1.165) is 27.9 Å². The molecule has 0 radical (unpaired) electrons. The van der Waals surface area contributed by atoms with Crippen LogP contribution in [0.1, 0.15) is 33.2 Å². The molecule has 148 valence electrons. The molecule has 2 heterocycles. The lowest BCUT2D eigenvalue weighted by Gasteiger charge is -2.26. The van der Waals surface area contributed by atoms with Gasteiger partial charge in [-0.1, -0.05) is 66.2 Å². The molecule has 4 aromatic rings. The van der Waals surface area contributed by atoms with Crippen molar-refractivity contribution >= 4 is 17.5 Å². The number of nitrogens with one attached hydrogen (secondary N) is 1. The molecule has 0 saturated carbocycles. The van der Waals surface area contributed by atoms with Crippen LogP contribution in [0.5, 0.6) is 0 Å². The number of hydrogen-bond donors (Lipinski definition) is 1. The number of amides is 1. The number of halogens is 2. The van der Waals surface area contributed by atoms with Crippen LogP contribution in [0.15, 0.2) is 78.9 Å². The number of H-pyrrole nitrogens is 1. The van der Waals surface area contributed by atoms with Gasteiger partial charge in [0.25, 0.3) is 5.91 Å². The van der Waals surface area contributed by atoms with Gasteiger partial charge >= 0.3 is 0 Å². The van der Waals surface area contributed by atoms with Gasteiger partial charge in [0.2, 0.25) is 0 Å². The number of benzene rings is 3. The van der Waals surface area contributed by atoms with Crippen LogP contribution in [0.3, 0.4) is 0 Å². The van der Waals surface area contributed by atoms with Crippen LogP contribution in [0.4, 0.5) is 4.39 Å². The summed E-state index contributed by atoms with van der Waals surface area (Å²) in [6.07, 6.45) is 0. The number of aromatic amines is 1. The van der Waals surface area contributed by atoms with E-state index < -0.39 is 0 Å². The first-order chi connectivity index (χ1) is 14.6. The first-order valence-electron chi connectivity index (χ1n) is 9.56. The Kier molecular flexibility index (Phi) is 4.60. The number of aromatic nitrogens is 2. The number of carbonyl (C=O) groups excluding carboxylic acids is 1. The monoisotopic (exact) mass is 417 g/mol. The fraction of sp³-hybridized carbons (Fsp3) is 0.0833. The molecule has 0 spiro atoms. The van der Waals surface area contributed by atoms with Gasteiger partial charge in [-0.3, -0.25) is 9.89 Å². The summed E-state index contributed by atoms with van der Waals surface area (Å²) in [5.74, 6) is -0.451. The molecule has 0 aliphatic carbocycles. The molecular formula is C24H17ClFN3O. The van der Waals surface area contributed by atoms with Crippen molar-refractivity contribution < 1.29 is 9.18 Å². The highest BCUT2D eigenvalue weighted by atomic mass is 35.5. The maximum atomic E-state index is 13.4. The normalized spacial score (nSPS) is 15.5. The molecule has 1 unspecified atom stereocenters. The van der Waals surface area contributed by atoms with E-state index in [0.29, 0.717) is 17.3 Å². The molecule has 1 amide bonds. The molecule has 4 nitrogen and oxygen atoms in total. The number of fused-ring (bicyclic) bond motifs is 1. The molecule has 1 atom stereocenters. The average molecular weight is 418 g/mol. The third-order valence-corrected chi connectivity index (χ3v) is 5.58. The van der Waals surface area contributed by atoms with E-state index in [1.165, 1.54) is 12.1 Å². The van der Waals surface area contributed by atoms with Gasteiger partial charge in [0.15, 0.2) is 0 Å². The molecular weight excluding hydrogens is 401 g/mol. The van der Waals surface area contributed by atoms with Crippen molar-refractivity contribution in [3.8, 4) is 11.3 Å². The minimum Gasteiger partial charge on any atom is -0.322 e. The molecule has 6 heteroatoms. The van der Waals surface area contributed by atoms with Gasteiger partial charge in [-0.05, 0) is 35.4 Å². The lowest BCUT2D eigenvalue weighted by Crippen LogP contribution is -2.29. The number of nitrogens with zero attached hydrogens (tertiary/aromatic N) is 2. The van der Waals surface area contributed by atoms with Crippen molar-refractivity contribution in [3.63, 3.8) is 0 Å². The molecule has 1 N–H and O–H groups in total. The second-order valence-corrected chi connectivity index (χ2v) is 7.68. The summed E-state index contributed by atoms with van der Waals surface area (Å²) >= 11 is 6.27. The van der Waals surface area contributed by atoms with Crippen LogP contribution in [0.2, 0.25) is 5.02 Å². The summed E-state index contributed by atoms with van der Waals surface area (Å²) in [5, 5.41) is 7.99. The van der Waals surface area contributed by atoms with Crippen LogP contribution >= 0.6 is 11.6 Å². The first kappa shape index (κ1) is 18.6. The minimum absolute atomic E-state index is 0.144. The summed E-state index contributed by atoms with van der Waals surface area (Å²) < 4.78 is 13.4. The van der Waals surface area contributed by atoms with Crippen molar-refractivity contribution in [3.05, 3.63) is 112 Å². The Balaban J connectivity index is 1.64. The van der Waals surface area contributed by atoms with Crippen molar-refractivity contribution in [2.45, 2.75) is 12.6 Å². The largest absolute Gasteiger partial charge is 0.322 e. The molecule has 5 rings (SSSR count). The zero-order valence-electron chi connectivity index (χ0n) is 15.8. The molecule has 3 aromatic carbocycles. The highest BCUT2D eigenvalue weighted by Crippen LogP contribution is 2.43. The van der Waals surface area contributed by atoms with Crippen LogP contribution in [-0.2, 0) is 6.54 Å². The van der Waals surface area contributed by atoms with Crippen LogP contribution < -0.4 is 0 Å². The lowest BCUT2D eigenvalue weighted by molar-refractivity contribution is 0.0730. The van der Waals surface area contributed by atoms with E-state index in [1.807, 2.05) is 48.5 Å². The van der Waals surface area contributed by atoms with E-state index in [9.17, 15) is 9.18 Å². The van der Waals surface area contributed by atoms with E-state index >= 15 is 0 Å². The Bertz CT molecular complexity index is 1220. The Hall–Kier alpha value is -3.44. The minimum atomic E-state index is -0.356. The second kappa shape index (κ2) is 7.43. The van der Waals surface area contributed by atoms with Crippen molar-refractivity contribution in [2.24, 2.45) is 0 Å². The van der Waals surface area contributed by atoms with Gasteiger partial charge in [-0.25, -0.2) is 4.39 Å². The van der Waals surface area contributed by atoms with E-state index in [2.05, 4.69) is 10.2 Å². The van der Waals surface area contributed by atoms with Gasteiger partial charge in [-0.2, -0.15) is 5.10 Å². The second-order valence-electron chi connectivity index (χ2n) is 7.24. The first-order valence-corrected chi connectivity index (χ1v) is 9.94. The van der Waals surface area contributed by atoms with Crippen LogP contribution in [0, 0.1) is 5.82 Å². The van der Waals surface area contributed by atoms with E-state index in [-0.39, 0.29) is 17.8 Å². The van der Waals surface area contributed by atoms with Crippen molar-refractivity contribution in [1.29, 1.82) is 0 Å². The molecule has 1 aliphatic rings. The summed E-state index contributed by atoms with van der Waals surface area (Å²) in [6, 6.07) is 23.1. The average Bonchev–Trinajstić information content (AvgIpc) is 3.30. The summed E-state index contributed by atoms with van der Waals surface area (Å²) in [4.78, 5) is 15.1. The Morgan fingerprint density at radius 1 is 1.00 bits per heavy atom. The van der Waals surface area contributed by atoms with Crippen molar-refractivity contribution in [2.75, 3.05) is 0 Å². The van der Waals surface area contributed by atoms with Crippen LogP contribution in [0.25, 0.3) is 11.3 Å². The third kappa shape index (κ3) is 3.17. The standard InChI is InChI=1S/C24H17ClFN3O/c25-18-8-4-7-17(13-18)23-20-21(16-5-2-1-3-6-16)27-28-22(20)24(30)29(23)14-15-9-11-19(26)12-10-15/h1-13,23H,14H2,(H,27,28). The molecule has 0 saturated heterocycles. The predicted octanol–water partition coefficient (Wildman–Crippen LogP) is 5.61. The number of carbonyl (C=O) groups is 1. The van der Waals surface area contributed by atoms with Gasteiger partial charge < -0.3 is 4.90 Å². The molecule has 1 aliphatic heterocycles. The zero-order valence-corrected chi connectivity index (χ0v) is 16.6. The Labute approximate surface area is 177 Å². The molecule has 30 heavy (non-hydrogen) atoms. The summed E-state index contributed by atoms with van der Waals surface area (Å²) in [6.45, 7) is 0.340. The quantitative estimate of drug-likeness (QED) is 0.469. The highest BCUT2D eigenvalue weighted by Gasteiger charge is 2.42. The number of rotatable bonds is 4. The van der Waals surface area contributed by atoms with Gasteiger partial charge in [0, 0.05) is 22.7 Å². The maximum absolute atomic E-state index is 13.4. The fourth-order valence-corrected chi connectivity index (χ4v) is 4.18. The number of hydrogen-bond acceptors (Lipinski definition) is 2. The maximum Gasteiger partial charge on any atom is 0.273 e. The smallest absolute Gasteiger partial charge is 0.273 e. The van der Waals surface area contributed by atoms with E-state index in [1.54, 1.807) is 23.1 Å². The molecule has 0 fully saturated rings. The topological polar surface area (TPSA) is 49.0 Å². The molecule has 1 aromatic heterocycles. The highest BCUT2D eigenvalue weighted by molar-refractivity contribution is 6.30. The Morgan fingerprint density at radius 2 is 1.77 bits per heavy atom. The zero-order chi connectivity index (χ0) is 20.7. The van der Waals surface area contributed by atoms with Gasteiger partial charge in [0.1, 0.15) is 11.5 Å². The summed E-state index contributed by atoms with van der Waals surface area (Å²) in [5.41, 5.74) is 4.71. The van der Waals surface area contributed by atoms with Crippen molar-refractivity contribution in [1.82, 2.24) is 15.1 Å². The van der Waals surface area contributed by atoms with E-state index in [4.69, 9.17) is 11.6 Å². The van der Waals surface area contributed by atoms with Crippen LogP contribution in [-0.4, -0.2) is 21.0 Å². The van der Waals surface area contributed by atoms with Gasteiger partial charge in [0.05, 0.1) is 11.7 Å². The lowest BCUT2D eigenvalue weighted by atomic mass is 9.96. The Morgan fingerprint density at radius 3 is 2.50 bits per heavy atom. The van der Waals surface area contributed by atoms with Gasteiger partial charge in [-0.15, -0.1) is 0 Å². The third-order valence-electron chi connectivity index (χ3n) is 5.34. The molecule has 0 bridgehead atoms. The fourth-order valence-electron chi connectivity index (χ4n) is 3.99.